The lowest BCUT2D eigenvalue weighted by atomic mass is 10.2. The number of hydrogen-bond acceptors (Lipinski definition) is 4. The molecular formula is C15H12Cl2N4O2S. The summed E-state index contributed by atoms with van der Waals surface area (Å²) in [5, 5.41) is 8.18. The number of anilines is 1. The van der Waals surface area contributed by atoms with Gasteiger partial charge in [-0.15, -0.1) is 5.10 Å². The molecule has 2 aromatic carbocycles. The molecule has 3 aromatic rings. The van der Waals surface area contributed by atoms with Gasteiger partial charge in [0.25, 0.3) is 10.0 Å². The number of nitrogens with one attached hydrogen (secondary N) is 1. The number of hydrogen-bond donors (Lipinski definition) is 1. The largest absolute Gasteiger partial charge is 0.263 e. The lowest BCUT2D eigenvalue weighted by molar-refractivity contribution is 0.601. The third-order valence-electron chi connectivity index (χ3n) is 3.17. The van der Waals surface area contributed by atoms with Gasteiger partial charge in [-0.05, 0) is 23.8 Å². The summed E-state index contributed by atoms with van der Waals surface area (Å²) in [7, 11) is -3.82. The summed E-state index contributed by atoms with van der Waals surface area (Å²) in [6.45, 7) is 0.488. The Morgan fingerprint density at radius 2 is 1.79 bits per heavy atom. The van der Waals surface area contributed by atoms with Crippen molar-refractivity contribution in [2.24, 2.45) is 0 Å². The van der Waals surface area contributed by atoms with Crippen LogP contribution in [-0.2, 0) is 16.6 Å². The molecule has 0 aliphatic carbocycles. The van der Waals surface area contributed by atoms with E-state index in [2.05, 4.69) is 15.0 Å². The Balaban J connectivity index is 1.77. The Bertz CT molecular complexity index is 959. The van der Waals surface area contributed by atoms with Gasteiger partial charge in [0.1, 0.15) is 0 Å². The molecule has 0 saturated heterocycles. The van der Waals surface area contributed by atoms with Gasteiger partial charge in [0, 0.05) is 0 Å². The first-order valence-electron chi connectivity index (χ1n) is 6.86. The van der Waals surface area contributed by atoms with E-state index in [-0.39, 0.29) is 20.8 Å². The molecule has 6 nitrogen and oxygen atoms in total. The zero-order valence-corrected chi connectivity index (χ0v) is 14.6. The van der Waals surface area contributed by atoms with Crippen LogP contribution >= 0.6 is 23.2 Å². The highest BCUT2D eigenvalue weighted by Gasteiger charge is 2.17. The summed E-state index contributed by atoms with van der Waals surface area (Å²) in [5.41, 5.74) is 1.03. The molecule has 0 fully saturated rings. The molecule has 0 aliphatic rings. The summed E-state index contributed by atoms with van der Waals surface area (Å²) < 4.78 is 28.6. The third-order valence-corrected chi connectivity index (χ3v) is 5.26. The topological polar surface area (TPSA) is 76.9 Å². The molecule has 9 heteroatoms. The van der Waals surface area contributed by atoms with Gasteiger partial charge in [-0.2, -0.15) is 0 Å². The van der Waals surface area contributed by atoms with E-state index in [1.165, 1.54) is 24.4 Å². The molecule has 0 saturated carbocycles. The van der Waals surface area contributed by atoms with Crippen LogP contribution in [0, 0.1) is 0 Å². The molecular weight excluding hydrogens is 371 g/mol. The number of sulfonamides is 1. The van der Waals surface area contributed by atoms with Gasteiger partial charge in [-0.3, -0.25) is 4.72 Å². The number of aromatic nitrogens is 3. The molecule has 0 spiro atoms. The van der Waals surface area contributed by atoms with Crippen LogP contribution in [0.2, 0.25) is 10.0 Å². The molecule has 0 aliphatic heterocycles. The number of benzene rings is 2. The molecule has 1 aromatic heterocycles. The molecule has 0 amide bonds. The zero-order valence-electron chi connectivity index (χ0n) is 12.2. The Morgan fingerprint density at radius 3 is 2.50 bits per heavy atom. The Labute approximate surface area is 149 Å². The van der Waals surface area contributed by atoms with Crippen molar-refractivity contribution in [1.82, 2.24) is 15.0 Å². The van der Waals surface area contributed by atoms with Crippen LogP contribution in [0.15, 0.2) is 59.6 Å². The van der Waals surface area contributed by atoms with Crippen LogP contribution in [0.5, 0.6) is 0 Å². The van der Waals surface area contributed by atoms with E-state index in [1.54, 1.807) is 4.68 Å². The molecule has 1 heterocycles. The molecule has 0 unspecified atom stereocenters. The van der Waals surface area contributed by atoms with E-state index in [1.807, 2.05) is 30.3 Å². The Hall–Kier alpha value is -2.09. The van der Waals surface area contributed by atoms with Crippen molar-refractivity contribution in [2.75, 3.05) is 4.72 Å². The van der Waals surface area contributed by atoms with Crippen LogP contribution in [0.4, 0.5) is 5.82 Å². The van der Waals surface area contributed by atoms with Crippen molar-refractivity contribution in [3.8, 4) is 0 Å². The standard InChI is InChI=1S/C15H12Cl2N4O2S/c16-13-7-6-12(8-14(13)17)24(22,23)19-15-10-21(20-18-15)9-11-4-2-1-3-5-11/h1-8,10,19H,9H2. The second-order valence-electron chi connectivity index (χ2n) is 4.97. The minimum atomic E-state index is -3.82. The minimum absolute atomic E-state index is 0.00508. The van der Waals surface area contributed by atoms with Crippen molar-refractivity contribution >= 4 is 39.0 Å². The average molecular weight is 383 g/mol. The normalized spacial score (nSPS) is 11.4. The van der Waals surface area contributed by atoms with Crippen LogP contribution in [-0.4, -0.2) is 23.4 Å². The van der Waals surface area contributed by atoms with E-state index in [0.29, 0.717) is 6.54 Å². The first-order chi connectivity index (χ1) is 11.4. The predicted octanol–water partition coefficient (Wildman–Crippen LogP) is 3.43. The summed E-state index contributed by atoms with van der Waals surface area (Å²) in [4.78, 5) is -0.00508. The fraction of sp³-hybridized carbons (Fsp3) is 0.0667. The summed E-state index contributed by atoms with van der Waals surface area (Å²) >= 11 is 11.7. The van der Waals surface area contributed by atoms with Crippen molar-refractivity contribution in [2.45, 2.75) is 11.4 Å². The lowest BCUT2D eigenvalue weighted by Crippen LogP contribution is -2.13. The molecule has 1 N–H and O–H groups in total. The smallest absolute Gasteiger partial charge is 0.261 e. The maximum atomic E-state index is 12.3. The zero-order chi connectivity index (χ0) is 17.2. The first-order valence-corrected chi connectivity index (χ1v) is 9.10. The van der Waals surface area contributed by atoms with Crippen LogP contribution in [0.25, 0.3) is 0 Å². The quantitative estimate of drug-likeness (QED) is 0.732. The average Bonchev–Trinajstić information content (AvgIpc) is 2.97. The highest BCUT2D eigenvalue weighted by atomic mass is 35.5. The highest BCUT2D eigenvalue weighted by molar-refractivity contribution is 7.92. The van der Waals surface area contributed by atoms with Gasteiger partial charge in [0.15, 0.2) is 5.82 Å². The summed E-state index contributed by atoms with van der Waals surface area (Å²) in [6.07, 6.45) is 1.52. The van der Waals surface area contributed by atoms with E-state index >= 15 is 0 Å². The molecule has 0 radical (unpaired) electrons. The van der Waals surface area contributed by atoms with Gasteiger partial charge in [-0.1, -0.05) is 58.7 Å². The fourth-order valence-electron chi connectivity index (χ4n) is 2.03. The third kappa shape index (κ3) is 3.87. The molecule has 3 rings (SSSR count). The second-order valence-corrected chi connectivity index (χ2v) is 7.47. The molecule has 0 bridgehead atoms. The van der Waals surface area contributed by atoms with Gasteiger partial charge >= 0.3 is 0 Å². The van der Waals surface area contributed by atoms with Crippen LogP contribution < -0.4 is 4.72 Å². The first kappa shape index (κ1) is 16.8. The summed E-state index contributed by atoms with van der Waals surface area (Å²) in [6, 6.07) is 13.7. The Kier molecular flexibility index (Phi) is 4.75. The molecule has 0 atom stereocenters. The van der Waals surface area contributed by atoms with E-state index in [0.717, 1.165) is 5.56 Å². The highest BCUT2D eigenvalue weighted by Crippen LogP contribution is 2.25. The van der Waals surface area contributed by atoms with Gasteiger partial charge in [-0.25, -0.2) is 13.1 Å². The van der Waals surface area contributed by atoms with Gasteiger partial charge < -0.3 is 0 Å². The lowest BCUT2D eigenvalue weighted by Gasteiger charge is -2.06. The maximum absolute atomic E-state index is 12.3. The fourth-order valence-corrected chi connectivity index (χ4v) is 3.40. The molecule has 24 heavy (non-hydrogen) atoms. The van der Waals surface area contributed by atoms with Crippen molar-refractivity contribution in [3.63, 3.8) is 0 Å². The monoisotopic (exact) mass is 382 g/mol. The maximum Gasteiger partial charge on any atom is 0.263 e. The number of nitrogens with zero attached hydrogens (tertiary/aromatic N) is 3. The Morgan fingerprint density at radius 1 is 1.04 bits per heavy atom. The number of halogens is 2. The summed E-state index contributed by atoms with van der Waals surface area (Å²) in [5.74, 6) is 0.122. The minimum Gasteiger partial charge on any atom is -0.261 e. The molecule has 124 valence electrons. The SMILES string of the molecule is O=S(=O)(Nc1cn(Cc2ccccc2)nn1)c1ccc(Cl)c(Cl)c1. The van der Waals surface area contributed by atoms with Gasteiger partial charge in [0.05, 0.1) is 27.7 Å². The number of rotatable bonds is 5. The van der Waals surface area contributed by atoms with Gasteiger partial charge in [0.2, 0.25) is 0 Å². The van der Waals surface area contributed by atoms with Crippen molar-refractivity contribution < 1.29 is 8.42 Å². The van der Waals surface area contributed by atoms with Crippen molar-refractivity contribution in [1.29, 1.82) is 0 Å². The second kappa shape index (κ2) is 6.80. The van der Waals surface area contributed by atoms with E-state index in [4.69, 9.17) is 23.2 Å². The van der Waals surface area contributed by atoms with Crippen molar-refractivity contribution in [3.05, 3.63) is 70.3 Å². The van der Waals surface area contributed by atoms with E-state index < -0.39 is 10.0 Å². The van der Waals surface area contributed by atoms with Crippen LogP contribution in [0.3, 0.4) is 0 Å². The van der Waals surface area contributed by atoms with E-state index in [9.17, 15) is 8.42 Å². The predicted molar refractivity (Wildman–Crippen MR) is 92.8 cm³/mol. The van der Waals surface area contributed by atoms with Crippen LogP contribution in [0.1, 0.15) is 5.56 Å².